The number of hydrogen-bond acceptors (Lipinski definition) is 14. The number of carbonyl (C=O) groups is 9. The Hall–Kier alpha value is -7.15. The minimum absolute atomic E-state index is 0.0294. The molecular weight excluding hydrogens is 1020 g/mol. The number of aromatic amines is 1. The molecule has 1 aliphatic heterocycles. The zero-order valence-corrected chi connectivity index (χ0v) is 44.4. The summed E-state index contributed by atoms with van der Waals surface area (Å²) >= 11 is 0. The maximum Gasteiger partial charge on any atom is 0.305 e. The van der Waals surface area contributed by atoms with Gasteiger partial charge >= 0.3 is 5.97 Å². The summed E-state index contributed by atoms with van der Waals surface area (Å²) in [6.07, 6.45) is 1.32. The predicted molar refractivity (Wildman–Crippen MR) is 289 cm³/mol. The molecule has 8 atom stereocenters. The standard InChI is InChI=1S/C52H69N11O11S2/c1-28(2)42(44(55)67)62-51(74)43-52(3,4)76-75-27-40(61-45(68)34(54)25-41(65)66)50(73)59-37(22-29-12-6-5-7-13-29)47(70)60-39(24-31-26-56-35-15-9-8-14-33(31)35)48(71)57-36(16-10-11-21-53)46(69)58-38(49(72)63-43)23-30-17-19-32(64)20-18-30/h5-9,12-15,17-20,26,28,34,36-40,42-43,56,64H,10-11,16,21-25,27,53-54H2,1-4H3,(H2,55,67)(H,57,71)(H,58,69)(H,59,73)(H,60,70)(H,61,68)(H,62,74)(H,63,72)(H,65,66)/t34-,36-,37-,38-,39-,40-,42-,43+/m0/s1. The number of H-pyrrole nitrogens is 1. The van der Waals surface area contributed by atoms with Gasteiger partial charge in [-0.2, -0.15) is 0 Å². The van der Waals surface area contributed by atoms with Gasteiger partial charge in [0.2, 0.25) is 47.3 Å². The highest BCUT2D eigenvalue weighted by Gasteiger charge is 2.42. The smallest absolute Gasteiger partial charge is 0.305 e. The van der Waals surface area contributed by atoms with Crippen LogP contribution >= 0.6 is 21.6 Å². The number of rotatable bonds is 18. The average Bonchev–Trinajstić information content (AvgIpc) is 3.78. The van der Waals surface area contributed by atoms with Crippen LogP contribution in [0.15, 0.2) is 85.1 Å². The fourth-order valence-electron chi connectivity index (χ4n) is 8.36. The Kier molecular flexibility index (Phi) is 22.1. The van der Waals surface area contributed by atoms with E-state index in [1.807, 2.05) is 18.2 Å². The van der Waals surface area contributed by atoms with Crippen molar-refractivity contribution < 1.29 is 53.4 Å². The Labute approximate surface area is 448 Å². The minimum atomic E-state index is -1.59. The number of carboxylic acids is 1. The van der Waals surface area contributed by atoms with Gasteiger partial charge in [0.25, 0.3) is 0 Å². The number of aromatic hydroxyl groups is 1. The summed E-state index contributed by atoms with van der Waals surface area (Å²) in [5.41, 5.74) is 20.0. The second kappa shape index (κ2) is 28.1. The molecule has 16 N–H and O–H groups in total. The number of benzene rings is 3. The first-order chi connectivity index (χ1) is 36.1. The molecule has 0 bridgehead atoms. The molecule has 0 radical (unpaired) electrons. The Morgan fingerprint density at radius 1 is 0.737 bits per heavy atom. The third kappa shape index (κ3) is 17.5. The van der Waals surface area contributed by atoms with E-state index in [2.05, 4.69) is 42.2 Å². The molecule has 24 heteroatoms. The molecule has 0 aliphatic carbocycles. The van der Waals surface area contributed by atoms with Crippen LogP contribution in [0.25, 0.3) is 10.9 Å². The highest BCUT2D eigenvalue weighted by molar-refractivity contribution is 8.77. The van der Waals surface area contributed by atoms with Crippen molar-refractivity contribution in [2.75, 3.05) is 12.3 Å². The van der Waals surface area contributed by atoms with Crippen molar-refractivity contribution in [2.24, 2.45) is 23.1 Å². The Bertz CT molecular complexity index is 2690. The van der Waals surface area contributed by atoms with Gasteiger partial charge in [0.1, 0.15) is 48.0 Å². The molecule has 22 nitrogen and oxygen atoms in total. The molecule has 2 heterocycles. The van der Waals surface area contributed by atoms with Crippen molar-refractivity contribution in [1.82, 2.24) is 42.2 Å². The first-order valence-corrected chi connectivity index (χ1v) is 27.2. The molecule has 1 aromatic heterocycles. The van der Waals surface area contributed by atoms with Gasteiger partial charge in [-0.25, -0.2) is 0 Å². The van der Waals surface area contributed by atoms with Gasteiger partial charge < -0.3 is 69.6 Å². The van der Waals surface area contributed by atoms with E-state index in [1.54, 1.807) is 70.3 Å². The fourth-order valence-corrected chi connectivity index (χ4v) is 11.2. The van der Waals surface area contributed by atoms with Gasteiger partial charge in [0.15, 0.2) is 0 Å². The number of phenols is 1. The first kappa shape index (κ1) is 59.7. The van der Waals surface area contributed by atoms with Gasteiger partial charge in [0.05, 0.1) is 12.5 Å². The molecule has 8 amide bonds. The van der Waals surface area contributed by atoms with Crippen molar-refractivity contribution in [3.8, 4) is 5.75 Å². The monoisotopic (exact) mass is 1090 g/mol. The Morgan fingerprint density at radius 3 is 1.89 bits per heavy atom. The maximum atomic E-state index is 14.9. The molecular formula is C52H69N11O11S2. The SMILES string of the molecule is CC(C)[C@H](NC(=O)[C@H]1NC(=O)[C@H](Cc2ccc(O)cc2)NC(=O)[C@H](CCCCN)NC(=O)[C@H](Cc2c[nH]c3ccccc23)NC(=O)[C@H](Cc2ccccc2)NC(=O)[C@@H](NC(=O)[C@@H](N)CC(=O)O)CSSC1(C)C)C(N)=O. The second-order valence-corrected chi connectivity index (χ2v) is 22.5. The number of amides is 8. The molecule has 1 fully saturated rings. The van der Waals surface area contributed by atoms with Crippen molar-refractivity contribution >= 4 is 85.7 Å². The highest BCUT2D eigenvalue weighted by Crippen LogP contribution is 2.39. The number of aromatic nitrogens is 1. The van der Waals surface area contributed by atoms with Crippen molar-refractivity contribution in [1.29, 1.82) is 0 Å². The minimum Gasteiger partial charge on any atom is -0.508 e. The number of aliphatic carboxylic acids is 1. The van der Waals surface area contributed by atoms with Crippen LogP contribution in [0, 0.1) is 5.92 Å². The number of nitrogens with one attached hydrogen (secondary N) is 8. The summed E-state index contributed by atoms with van der Waals surface area (Å²) in [5.74, 6) is -9.11. The van der Waals surface area contributed by atoms with Crippen LogP contribution in [0.2, 0.25) is 0 Å². The number of fused-ring (bicyclic) bond motifs is 1. The third-order valence-corrected chi connectivity index (χ3v) is 15.9. The van der Waals surface area contributed by atoms with Crippen molar-refractivity contribution in [3.63, 3.8) is 0 Å². The molecule has 5 rings (SSSR count). The molecule has 0 spiro atoms. The number of carboxylic acid groups (broad SMARTS) is 1. The number of phenolic OH excluding ortho intramolecular Hbond substituents is 1. The fraction of sp³-hybridized carbons (Fsp3) is 0.442. The topological polar surface area (TPSA) is 372 Å². The summed E-state index contributed by atoms with van der Waals surface area (Å²) in [6.45, 7) is 6.75. The zero-order chi connectivity index (χ0) is 55.7. The van der Waals surface area contributed by atoms with E-state index in [0.29, 0.717) is 29.5 Å². The van der Waals surface area contributed by atoms with Gasteiger partial charge in [-0.3, -0.25) is 43.2 Å². The maximum absolute atomic E-state index is 14.9. The lowest BCUT2D eigenvalue weighted by Gasteiger charge is -2.35. The van der Waals surface area contributed by atoms with E-state index in [4.69, 9.17) is 17.2 Å². The Morgan fingerprint density at radius 2 is 1.29 bits per heavy atom. The lowest BCUT2D eigenvalue weighted by atomic mass is 9.97. The summed E-state index contributed by atoms with van der Waals surface area (Å²) in [6, 6.07) is 10.4. The highest BCUT2D eigenvalue weighted by atomic mass is 33.1. The molecule has 4 aromatic rings. The van der Waals surface area contributed by atoms with Gasteiger partial charge in [0, 0.05) is 46.9 Å². The molecule has 0 unspecified atom stereocenters. The number of unbranched alkanes of at least 4 members (excludes halogenated alkanes) is 1. The van der Waals surface area contributed by atoms with E-state index >= 15 is 0 Å². The van der Waals surface area contributed by atoms with Crippen LogP contribution in [0.5, 0.6) is 5.75 Å². The number of primary amides is 1. The number of para-hydroxylation sites is 1. The van der Waals surface area contributed by atoms with Crippen molar-refractivity contribution in [2.45, 2.75) is 126 Å². The molecule has 1 aliphatic rings. The van der Waals surface area contributed by atoms with E-state index in [1.165, 1.54) is 24.3 Å². The predicted octanol–water partition coefficient (Wildman–Crippen LogP) is 0.541. The quantitative estimate of drug-likeness (QED) is 0.0478. The van der Waals surface area contributed by atoms with E-state index < -0.39 is 119 Å². The Balaban J connectivity index is 1.66. The van der Waals surface area contributed by atoms with Crippen LogP contribution in [0.1, 0.15) is 70.1 Å². The average molecular weight is 1090 g/mol. The molecule has 76 heavy (non-hydrogen) atoms. The number of nitrogens with two attached hydrogens (primary N) is 3. The van der Waals surface area contributed by atoms with Crippen LogP contribution in [0.4, 0.5) is 0 Å². The normalized spacial score (nSPS) is 21.9. The molecule has 1 saturated heterocycles. The third-order valence-electron chi connectivity index (χ3n) is 12.6. The number of carbonyl (C=O) groups excluding carboxylic acids is 8. The summed E-state index contributed by atoms with van der Waals surface area (Å²) < 4.78 is -1.36. The van der Waals surface area contributed by atoms with Crippen LogP contribution < -0.4 is 54.4 Å². The van der Waals surface area contributed by atoms with Crippen LogP contribution in [-0.2, 0) is 62.4 Å². The van der Waals surface area contributed by atoms with Crippen LogP contribution in [-0.4, -0.2) is 134 Å². The summed E-state index contributed by atoms with van der Waals surface area (Å²) in [4.78, 5) is 129. The zero-order valence-electron chi connectivity index (χ0n) is 42.8. The van der Waals surface area contributed by atoms with E-state index in [9.17, 15) is 53.4 Å². The second-order valence-electron chi connectivity index (χ2n) is 19.5. The number of hydrogen-bond donors (Lipinski definition) is 13. The molecule has 410 valence electrons. The van der Waals surface area contributed by atoms with Gasteiger partial charge in [-0.05, 0) is 80.5 Å². The lowest BCUT2D eigenvalue weighted by molar-refractivity contribution is -0.139. The lowest BCUT2D eigenvalue weighted by Crippen LogP contribution is -2.63. The van der Waals surface area contributed by atoms with Gasteiger partial charge in [-0.1, -0.05) is 96.1 Å². The summed E-state index contributed by atoms with van der Waals surface area (Å²) in [7, 11) is 1.97. The van der Waals surface area contributed by atoms with E-state index in [0.717, 1.165) is 32.5 Å². The van der Waals surface area contributed by atoms with Crippen molar-refractivity contribution in [3.05, 3.63) is 102 Å². The van der Waals surface area contributed by atoms with Gasteiger partial charge in [-0.15, -0.1) is 0 Å². The largest absolute Gasteiger partial charge is 0.508 e. The molecule has 0 saturated carbocycles. The molecule has 3 aromatic carbocycles. The summed E-state index contributed by atoms with van der Waals surface area (Å²) in [5, 5.41) is 39.4. The van der Waals surface area contributed by atoms with E-state index in [-0.39, 0.29) is 43.7 Å². The first-order valence-electron chi connectivity index (χ1n) is 24.8. The van der Waals surface area contributed by atoms with Crippen LogP contribution in [0.3, 0.4) is 0 Å².